The molecule has 0 spiro atoms. The summed E-state index contributed by atoms with van der Waals surface area (Å²) in [4.78, 5) is 40.4. The topological polar surface area (TPSA) is 136 Å². The fourth-order valence-electron chi connectivity index (χ4n) is 5.53. The molecule has 3 aliphatic rings. The highest BCUT2D eigenvalue weighted by Gasteiger charge is 2.61. The normalized spacial score (nSPS) is 33.4. The van der Waals surface area contributed by atoms with E-state index in [1.807, 2.05) is 25.1 Å². The molecule has 2 N–H and O–H groups in total. The van der Waals surface area contributed by atoms with Gasteiger partial charge < -0.3 is 33.7 Å². The zero-order chi connectivity index (χ0) is 31.7. The Labute approximate surface area is 257 Å². The van der Waals surface area contributed by atoms with Crippen molar-refractivity contribution in [3.63, 3.8) is 0 Å². The summed E-state index contributed by atoms with van der Waals surface area (Å²) in [7, 11) is 4.56. The molecule has 3 heterocycles. The molecule has 2 amide bonds. The highest BCUT2D eigenvalue weighted by atomic mass is 35.5. The molecule has 11 nitrogen and oxygen atoms in total. The summed E-state index contributed by atoms with van der Waals surface area (Å²) in [6.45, 7) is 7.10. The van der Waals surface area contributed by atoms with Crippen LogP contribution in [0, 0.1) is 5.92 Å². The molecule has 0 unspecified atom stereocenters. The number of anilines is 1. The number of allylic oxidation sites excluding steroid dienone is 3. The minimum atomic E-state index is -1.75. The smallest absolute Gasteiger partial charge is 0.409 e. The number of benzene rings is 1. The number of hydrogen-bond donors (Lipinski definition) is 2. The van der Waals surface area contributed by atoms with Crippen LogP contribution in [-0.4, -0.2) is 80.1 Å². The van der Waals surface area contributed by atoms with Crippen LogP contribution in [0.1, 0.15) is 52.5 Å². The number of epoxide rings is 1. The van der Waals surface area contributed by atoms with Gasteiger partial charge in [0, 0.05) is 27.0 Å². The molecule has 236 valence electrons. The van der Waals surface area contributed by atoms with E-state index in [9.17, 15) is 19.5 Å². The Morgan fingerprint density at radius 1 is 1.26 bits per heavy atom. The van der Waals surface area contributed by atoms with Crippen molar-refractivity contribution in [2.75, 3.05) is 26.2 Å². The summed E-state index contributed by atoms with van der Waals surface area (Å²) in [5.74, 6) is -0.850. The van der Waals surface area contributed by atoms with Crippen LogP contribution in [-0.2, 0) is 35.0 Å². The van der Waals surface area contributed by atoms with Gasteiger partial charge in [0.25, 0.3) is 0 Å². The molecule has 1 aromatic carbocycles. The van der Waals surface area contributed by atoms with Gasteiger partial charge in [-0.3, -0.25) is 14.9 Å². The Bertz CT molecular complexity index is 1310. The zero-order valence-electron chi connectivity index (χ0n) is 25.6. The third-order valence-electron chi connectivity index (χ3n) is 8.22. The van der Waals surface area contributed by atoms with E-state index in [1.165, 1.54) is 19.1 Å². The van der Waals surface area contributed by atoms with E-state index in [2.05, 4.69) is 5.32 Å². The maximum Gasteiger partial charge on any atom is 0.409 e. The van der Waals surface area contributed by atoms with Gasteiger partial charge in [0.05, 0.1) is 31.2 Å². The van der Waals surface area contributed by atoms with Gasteiger partial charge in [0.2, 0.25) is 5.91 Å². The summed E-state index contributed by atoms with van der Waals surface area (Å²) in [6, 6.07) is 3.63. The molecular weight excluding hydrogens is 580 g/mol. The Kier molecular flexibility index (Phi) is 9.80. The summed E-state index contributed by atoms with van der Waals surface area (Å²) in [5.41, 5.74) is -0.535. The summed E-state index contributed by atoms with van der Waals surface area (Å²) >= 11 is 6.66. The van der Waals surface area contributed by atoms with Crippen molar-refractivity contribution in [1.82, 2.24) is 5.32 Å². The second-order valence-electron chi connectivity index (χ2n) is 11.9. The van der Waals surface area contributed by atoms with Crippen molar-refractivity contribution in [3.8, 4) is 5.75 Å². The third-order valence-corrected chi connectivity index (χ3v) is 8.60. The van der Waals surface area contributed by atoms with Crippen molar-refractivity contribution in [2.45, 2.75) is 89.1 Å². The number of amides is 2. The molecule has 4 bridgehead atoms. The monoisotopic (exact) mass is 620 g/mol. The Hall–Kier alpha value is -3.12. The lowest BCUT2D eigenvalue weighted by atomic mass is 9.90. The van der Waals surface area contributed by atoms with Crippen molar-refractivity contribution < 1.29 is 43.2 Å². The number of hydrogen-bond acceptors (Lipinski definition) is 9. The number of esters is 1. The standard InChI is InChI=1S/C31H41ClN2O9/c1-17(2)28(36)42-24-15-26(35)34(5)21-12-19(13-22(39-6)27(21)32)11-18(3)9-8-10-23(40-7)31(38)16-20(41-29(37)33-31)14-25-30(24,4)43-25/h8-10,12-13,17,20,23-25,38H,11,14-16H2,1-7H3,(H,33,37)/b10-8+,18-9+/t20-,23-,24+,25+,30+,31+/m1/s1. The average molecular weight is 621 g/mol. The van der Waals surface area contributed by atoms with Crippen molar-refractivity contribution in [3.05, 3.63) is 46.5 Å². The van der Waals surface area contributed by atoms with E-state index in [0.29, 0.717) is 17.9 Å². The highest BCUT2D eigenvalue weighted by molar-refractivity contribution is 6.35. The van der Waals surface area contributed by atoms with E-state index in [-0.39, 0.29) is 30.2 Å². The first-order chi connectivity index (χ1) is 20.2. The van der Waals surface area contributed by atoms with Crippen molar-refractivity contribution in [1.29, 1.82) is 0 Å². The van der Waals surface area contributed by atoms with E-state index in [4.69, 9.17) is 35.3 Å². The number of nitrogens with one attached hydrogen (secondary N) is 1. The van der Waals surface area contributed by atoms with Crippen LogP contribution in [0.15, 0.2) is 35.9 Å². The van der Waals surface area contributed by atoms with E-state index < -0.39 is 53.7 Å². The predicted octanol–water partition coefficient (Wildman–Crippen LogP) is 4.08. The molecule has 43 heavy (non-hydrogen) atoms. The Balaban J connectivity index is 1.76. The SMILES string of the molecule is COc1cc2cc(c1Cl)N(C)C(=O)C[C@H](OC(=O)C(C)C)[C@]1(C)O[C@H]1C[C@@H]1C[C@@](O)(NC(=O)O1)[C@H](OC)/C=C/C=C(\C)C2. The van der Waals surface area contributed by atoms with Gasteiger partial charge in [-0.1, -0.05) is 49.2 Å². The molecule has 6 atom stereocenters. The van der Waals surface area contributed by atoms with Crippen LogP contribution in [0.4, 0.5) is 10.5 Å². The van der Waals surface area contributed by atoms with Gasteiger partial charge in [0.15, 0.2) is 5.72 Å². The number of ether oxygens (including phenoxy) is 5. The highest BCUT2D eigenvalue weighted by Crippen LogP contribution is 2.46. The lowest BCUT2D eigenvalue weighted by Gasteiger charge is -2.40. The van der Waals surface area contributed by atoms with Crippen molar-refractivity contribution in [2.24, 2.45) is 5.92 Å². The summed E-state index contributed by atoms with van der Waals surface area (Å²) in [5, 5.41) is 14.2. The number of alkyl carbamates (subject to hydrolysis) is 1. The average Bonchev–Trinajstić information content (AvgIpc) is 3.59. The first-order valence-electron chi connectivity index (χ1n) is 14.3. The lowest BCUT2D eigenvalue weighted by Crippen LogP contribution is -2.62. The fourth-order valence-corrected chi connectivity index (χ4v) is 5.84. The number of carbonyl (C=O) groups excluding carboxylic acids is 3. The van der Waals surface area contributed by atoms with Crippen molar-refractivity contribution >= 4 is 35.3 Å². The van der Waals surface area contributed by atoms with Gasteiger partial charge in [-0.2, -0.15) is 0 Å². The first-order valence-corrected chi connectivity index (χ1v) is 14.7. The minimum absolute atomic E-state index is 0.0163. The van der Waals surface area contributed by atoms with Gasteiger partial charge in [-0.15, -0.1) is 0 Å². The quantitative estimate of drug-likeness (QED) is 0.377. The molecule has 12 heteroatoms. The largest absolute Gasteiger partial charge is 0.495 e. The zero-order valence-corrected chi connectivity index (χ0v) is 26.4. The first kappa shape index (κ1) is 32.8. The number of nitrogens with zero attached hydrogens (tertiary/aromatic N) is 1. The number of carbonyl (C=O) groups is 3. The maximum absolute atomic E-state index is 13.7. The molecule has 2 fully saturated rings. The summed E-state index contributed by atoms with van der Waals surface area (Å²) < 4.78 is 28.5. The molecule has 2 saturated heterocycles. The number of halogens is 1. The van der Waals surface area contributed by atoms with Gasteiger partial charge in [-0.25, -0.2) is 4.79 Å². The maximum atomic E-state index is 13.7. The fraction of sp³-hybridized carbons (Fsp3) is 0.581. The van der Waals surface area contributed by atoms with Crippen LogP contribution in [0.25, 0.3) is 0 Å². The number of rotatable bonds is 4. The van der Waals surface area contributed by atoms with Crippen LogP contribution in [0.3, 0.4) is 0 Å². The van der Waals surface area contributed by atoms with E-state index >= 15 is 0 Å². The molecular formula is C31H41ClN2O9. The molecule has 1 aromatic rings. The van der Waals surface area contributed by atoms with Gasteiger partial charge in [0.1, 0.15) is 34.7 Å². The minimum Gasteiger partial charge on any atom is -0.495 e. The molecule has 0 aromatic heterocycles. The second kappa shape index (κ2) is 12.9. The second-order valence-corrected chi connectivity index (χ2v) is 12.3. The lowest BCUT2D eigenvalue weighted by molar-refractivity contribution is -0.157. The number of methoxy groups -OCH3 is 2. The number of fused-ring (bicyclic) bond motifs is 5. The predicted molar refractivity (Wildman–Crippen MR) is 159 cm³/mol. The molecule has 0 aliphatic carbocycles. The summed E-state index contributed by atoms with van der Waals surface area (Å²) in [6.07, 6.45) is 1.96. The van der Waals surface area contributed by atoms with E-state index in [1.54, 1.807) is 40.0 Å². The molecule has 0 radical (unpaired) electrons. The van der Waals surface area contributed by atoms with Crippen LogP contribution in [0.5, 0.6) is 5.75 Å². The van der Waals surface area contributed by atoms with Gasteiger partial charge in [-0.05, 0) is 38.0 Å². The van der Waals surface area contributed by atoms with Crippen LogP contribution in [0.2, 0.25) is 5.02 Å². The third kappa shape index (κ3) is 7.17. The van der Waals surface area contributed by atoms with Crippen LogP contribution < -0.4 is 15.0 Å². The molecule has 0 saturated carbocycles. The Morgan fingerprint density at radius 2 is 1.98 bits per heavy atom. The number of aliphatic hydroxyl groups is 1. The van der Waals surface area contributed by atoms with E-state index in [0.717, 1.165) is 11.1 Å². The molecule has 3 aliphatic heterocycles. The Morgan fingerprint density at radius 3 is 2.63 bits per heavy atom. The van der Waals surface area contributed by atoms with Crippen LogP contribution >= 0.6 is 11.6 Å². The molecule has 4 rings (SSSR count). The van der Waals surface area contributed by atoms with Gasteiger partial charge >= 0.3 is 12.1 Å².